The Labute approximate surface area is 162 Å². The van der Waals surface area contributed by atoms with Crippen LogP contribution in [0.5, 0.6) is 17.2 Å². The maximum Gasteiger partial charge on any atom is 0.262 e. The van der Waals surface area contributed by atoms with Crippen LogP contribution in [0, 0.1) is 5.82 Å². The van der Waals surface area contributed by atoms with Gasteiger partial charge in [-0.15, -0.1) is 0 Å². The molecule has 144 valence electrons. The first-order chi connectivity index (χ1) is 13.7. The molecule has 1 N–H and O–H groups in total. The monoisotopic (exact) mass is 381 g/mol. The zero-order valence-electron chi connectivity index (χ0n) is 15.1. The third-order valence-electron chi connectivity index (χ3n) is 3.71. The molecule has 1 amide bonds. The van der Waals surface area contributed by atoms with E-state index in [1.54, 1.807) is 54.6 Å². The molecule has 0 radical (unpaired) electrons. The van der Waals surface area contributed by atoms with Crippen LogP contribution in [-0.2, 0) is 4.79 Å². The van der Waals surface area contributed by atoms with Crippen molar-refractivity contribution in [3.05, 3.63) is 84.7 Å². The Kier molecular flexibility index (Phi) is 6.84. The van der Waals surface area contributed by atoms with Crippen molar-refractivity contribution in [3.8, 4) is 17.2 Å². The van der Waals surface area contributed by atoms with Gasteiger partial charge in [0.1, 0.15) is 24.7 Å². The zero-order chi connectivity index (χ0) is 19.6. The van der Waals surface area contributed by atoms with Crippen LogP contribution >= 0.6 is 0 Å². The fraction of sp³-hybridized carbons (Fsp3) is 0.136. The second-order valence-corrected chi connectivity index (χ2v) is 5.77. The zero-order valence-corrected chi connectivity index (χ0v) is 15.1. The molecule has 0 aromatic heterocycles. The number of carbonyl (C=O) groups excluding carboxylic acids is 1. The van der Waals surface area contributed by atoms with Gasteiger partial charge in [0, 0.05) is 0 Å². The van der Waals surface area contributed by atoms with E-state index in [9.17, 15) is 9.18 Å². The number of nitrogens with one attached hydrogen (secondary N) is 1. The summed E-state index contributed by atoms with van der Waals surface area (Å²) < 4.78 is 30.0. The molecule has 0 bridgehead atoms. The normalized spacial score (nSPS) is 10.2. The lowest BCUT2D eigenvalue weighted by Crippen LogP contribution is -2.21. The van der Waals surface area contributed by atoms with Crippen molar-refractivity contribution in [2.45, 2.75) is 0 Å². The van der Waals surface area contributed by atoms with Crippen LogP contribution < -0.4 is 19.5 Å². The number of rotatable bonds is 9. The van der Waals surface area contributed by atoms with Crippen LogP contribution in [-0.4, -0.2) is 25.7 Å². The molecule has 5 nitrogen and oxygen atoms in total. The molecule has 0 saturated carbocycles. The number of hydrogen-bond donors (Lipinski definition) is 1. The van der Waals surface area contributed by atoms with E-state index in [1.807, 2.05) is 18.2 Å². The molecule has 0 heterocycles. The maximum atomic E-state index is 13.5. The molecule has 6 heteroatoms. The van der Waals surface area contributed by atoms with Crippen LogP contribution in [0.4, 0.5) is 10.1 Å². The minimum Gasteiger partial charge on any atom is -0.488 e. The van der Waals surface area contributed by atoms with Crippen LogP contribution in [0.3, 0.4) is 0 Å². The highest BCUT2D eigenvalue weighted by Crippen LogP contribution is 2.24. The average molecular weight is 381 g/mol. The molecule has 0 aliphatic rings. The molecule has 0 aliphatic carbocycles. The predicted octanol–water partition coefficient (Wildman–Crippen LogP) is 4.30. The lowest BCUT2D eigenvalue weighted by molar-refractivity contribution is -0.118. The van der Waals surface area contributed by atoms with Gasteiger partial charge in [0.15, 0.2) is 18.2 Å². The van der Waals surface area contributed by atoms with E-state index in [0.717, 1.165) is 0 Å². The van der Waals surface area contributed by atoms with Gasteiger partial charge in [-0.1, -0.05) is 42.5 Å². The second kappa shape index (κ2) is 9.97. The minimum absolute atomic E-state index is 0.116. The molecule has 0 aliphatic heterocycles. The predicted molar refractivity (Wildman–Crippen MR) is 104 cm³/mol. The fourth-order valence-corrected chi connectivity index (χ4v) is 2.41. The van der Waals surface area contributed by atoms with Crippen molar-refractivity contribution in [3.63, 3.8) is 0 Å². The van der Waals surface area contributed by atoms with Gasteiger partial charge < -0.3 is 19.5 Å². The van der Waals surface area contributed by atoms with Gasteiger partial charge in [0.05, 0.1) is 5.69 Å². The van der Waals surface area contributed by atoms with Crippen molar-refractivity contribution in [2.24, 2.45) is 0 Å². The van der Waals surface area contributed by atoms with Crippen LogP contribution in [0.2, 0.25) is 0 Å². The van der Waals surface area contributed by atoms with E-state index in [-0.39, 0.29) is 31.5 Å². The SMILES string of the molecule is O=C(COc1ccccc1)Nc1ccccc1OCCOc1ccccc1F. The maximum absolute atomic E-state index is 13.5. The van der Waals surface area contributed by atoms with Crippen molar-refractivity contribution in [1.82, 2.24) is 0 Å². The van der Waals surface area contributed by atoms with Gasteiger partial charge >= 0.3 is 0 Å². The highest BCUT2D eigenvalue weighted by molar-refractivity contribution is 5.93. The van der Waals surface area contributed by atoms with E-state index < -0.39 is 5.82 Å². The van der Waals surface area contributed by atoms with Crippen molar-refractivity contribution in [1.29, 1.82) is 0 Å². The van der Waals surface area contributed by atoms with Gasteiger partial charge in [0.2, 0.25) is 0 Å². The number of anilines is 1. The molecule has 3 rings (SSSR count). The van der Waals surface area contributed by atoms with Crippen molar-refractivity contribution < 1.29 is 23.4 Å². The summed E-state index contributed by atoms with van der Waals surface area (Å²) in [6, 6.07) is 22.3. The molecule has 0 fully saturated rings. The Morgan fingerprint density at radius 1 is 0.750 bits per heavy atom. The molecule has 0 atom stereocenters. The van der Waals surface area contributed by atoms with Gasteiger partial charge in [-0.3, -0.25) is 4.79 Å². The fourth-order valence-electron chi connectivity index (χ4n) is 2.41. The van der Waals surface area contributed by atoms with Crippen LogP contribution in [0.25, 0.3) is 0 Å². The number of amides is 1. The van der Waals surface area contributed by atoms with Crippen LogP contribution in [0.1, 0.15) is 0 Å². The Bertz CT molecular complexity index is 902. The quantitative estimate of drug-likeness (QED) is 0.562. The Morgan fingerprint density at radius 2 is 1.36 bits per heavy atom. The smallest absolute Gasteiger partial charge is 0.262 e. The van der Waals surface area contributed by atoms with Gasteiger partial charge in [-0.05, 0) is 36.4 Å². The lowest BCUT2D eigenvalue weighted by Gasteiger charge is -2.13. The van der Waals surface area contributed by atoms with Crippen molar-refractivity contribution in [2.75, 3.05) is 25.1 Å². The number of halogens is 1. The van der Waals surface area contributed by atoms with Crippen LogP contribution in [0.15, 0.2) is 78.9 Å². The molecule has 3 aromatic rings. The van der Waals surface area contributed by atoms with E-state index in [1.165, 1.54) is 6.07 Å². The summed E-state index contributed by atoms with van der Waals surface area (Å²) in [5.74, 6) is 0.557. The van der Waals surface area contributed by atoms with E-state index in [4.69, 9.17) is 14.2 Å². The lowest BCUT2D eigenvalue weighted by atomic mass is 10.3. The number of para-hydroxylation sites is 4. The summed E-state index contributed by atoms with van der Waals surface area (Å²) in [5.41, 5.74) is 0.523. The van der Waals surface area contributed by atoms with E-state index >= 15 is 0 Å². The van der Waals surface area contributed by atoms with Gasteiger partial charge in [0.25, 0.3) is 5.91 Å². The summed E-state index contributed by atoms with van der Waals surface area (Å²) in [7, 11) is 0. The topological polar surface area (TPSA) is 56.8 Å². The highest BCUT2D eigenvalue weighted by Gasteiger charge is 2.09. The summed E-state index contributed by atoms with van der Waals surface area (Å²) in [5, 5.41) is 2.76. The number of hydrogen-bond acceptors (Lipinski definition) is 4. The minimum atomic E-state index is -0.423. The Hall–Kier alpha value is -3.54. The van der Waals surface area contributed by atoms with Gasteiger partial charge in [-0.2, -0.15) is 0 Å². The number of ether oxygens (including phenoxy) is 3. The highest BCUT2D eigenvalue weighted by atomic mass is 19.1. The molecule has 0 unspecified atom stereocenters. The van der Waals surface area contributed by atoms with E-state index in [0.29, 0.717) is 17.2 Å². The largest absolute Gasteiger partial charge is 0.488 e. The molecule has 3 aromatic carbocycles. The summed E-state index contributed by atoms with van der Waals surface area (Å²) in [6.45, 7) is 0.247. The molecular formula is C22H20FNO4. The van der Waals surface area contributed by atoms with Gasteiger partial charge in [-0.25, -0.2) is 4.39 Å². The third kappa shape index (κ3) is 5.74. The first kappa shape index (κ1) is 19.2. The Balaban J connectivity index is 1.48. The second-order valence-electron chi connectivity index (χ2n) is 5.77. The first-order valence-corrected chi connectivity index (χ1v) is 8.79. The van der Waals surface area contributed by atoms with E-state index in [2.05, 4.69) is 5.32 Å². The number of benzene rings is 3. The molecule has 28 heavy (non-hydrogen) atoms. The third-order valence-corrected chi connectivity index (χ3v) is 3.71. The average Bonchev–Trinajstić information content (AvgIpc) is 2.73. The summed E-state index contributed by atoms with van der Waals surface area (Å²) in [4.78, 5) is 12.1. The first-order valence-electron chi connectivity index (χ1n) is 8.79. The summed E-state index contributed by atoms with van der Waals surface area (Å²) in [6.07, 6.45) is 0. The number of carbonyl (C=O) groups is 1. The summed E-state index contributed by atoms with van der Waals surface area (Å²) >= 11 is 0. The standard InChI is InChI=1S/C22H20FNO4/c23-18-10-4-6-12-20(18)26-14-15-27-21-13-7-5-11-19(21)24-22(25)16-28-17-8-2-1-3-9-17/h1-13H,14-16H2,(H,24,25). The molecule has 0 saturated heterocycles. The molecular weight excluding hydrogens is 361 g/mol. The molecule has 0 spiro atoms. The Morgan fingerprint density at radius 3 is 2.11 bits per heavy atom. The van der Waals surface area contributed by atoms with Crippen molar-refractivity contribution >= 4 is 11.6 Å².